The minimum absolute atomic E-state index is 0.00781. The van der Waals surface area contributed by atoms with Crippen LogP contribution in [0.1, 0.15) is 45.8 Å². The molecule has 140 valence electrons. The molecule has 0 aliphatic carbocycles. The number of amides is 1. The number of aromatic amines is 1. The molecule has 1 aliphatic rings. The molecule has 0 spiro atoms. The van der Waals surface area contributed by atoms with Crippen LogP contribution < -0.4 is 16.2 Å². The molecule has 1 aliphatic heterocycles. The van der Waals surface area contributed by atoms with Gasteiger partial charge in [0.05, 0.1) is 12.1 Å². The molecule has 28 heavy (non-hydrogen) atoms. The summed E-state index contributed by atoms with van der Waals surface area (Å²) in [6, 6.07) is 18.9. The molecule has 3 aromatic rings. The normalized spacial score (nSPS) is 15.4. The van der Waals surface area contributed by atoms with Crippen LogP contribution >= 0.6 is 0 Å². The molecule has 1 unspecified atom stereocenters. The van der Waals surface area contributed by atoms with Gasteiger partial charge in [-0.2, -0.15) is 0 Å². The smallest absolute Gasteiger partial charge is 0.263 e. The minimum atomic E-state index is -0.462. The Morgan fingerprint density at radius 3 is 2.21 bits per heavy atom. The highest BCUT2D eigenvalue weighted by atomic mass is 16.2. The van der Waals surface area contributed by atoms with E-state index < -0.39 is 11.5 Å². The van der Waals surface area contributed by atoms with Gasteiger partial charge >= 0.3 is 0 Å². The topological polar surface area (TPSA) is 86.9 Å². The van der Waals surface area contributed by atoms with E-state index in [1.165, 1.54) is 6.20 Å². The molecule has 0 bridgehead atoms. The van der Waals surface area contributed by atoms with Crippen LogP contribution in [-0.4, -0.2) is 15.9 Å². The number of nitrogens with zero attached hydrogens (tertiary/aromatic N) is 1. The van der Waals surface area contributed by atoms with E-state index in [1.54, 1.807) is 0 Å². The van der Waals surface area contributed by atoms with Gasteiger partial charge in [0.2, 0.25) is 0 Å². The van der Waals surface area contributed by atoms with Gasteiger partial charge in [-0.1, -0.05) is 66.7 Å². The summed E-state index contributed by atoms with van der Waals surface area (Å²) >= 11 is 0. The second-order valence-electron chi connectivity index (χ2n) is 6.60. The number of hydrogen-bond donors (Lipinski definition) is 3. The summed E-state index contributed by atoms with van der Waals surface area (Å²) in [7, 11) is 0. The van der Waals surface area contributed by atoms with E-state index in [1.807, 2.05) is 72.9 Å². The molecule has 0 fully saturated rings. The number of hydrogen-bond acceptors (Lipinski definition) is 4. The summed E-state index contributed by atoms with van der Waals surface area (Å²) < 4.78 is 0. The van der Waals surface area contributed by atoms with Gasteiger partial charge in [0.1, 0.15) is 11.4 Å². The van der Waals surface area contributed by atoms with Crippen molar-refractivity contribution in [1.29, 1.82) is 0 Å². The molecule has 1 atom stereocenters. The first-order valence-corrected chi connectivity index (χ1v) is 9.13. The number of nitrogens with one attached hydrogen (secondary N) is 3. The van der Waals surface area contributed by atoms with E-state index in [0.29, 0.717) is 5.82 Å². The Bertz CT molecular complexity index is 997. The third-order valence-corrected chi connectivity index (χ3v) is 4.72. The third kappa shape index (κ3) is 3.71. The van der Waals surface area contributed by atoms with Crippen LogP contribution in [0.5, 0.6) is 0 Å². The lowest BCUT2D eigenvalue weighted by Gasteiger charge is -2.20. The standard InChI is InChI=1S/C22H20N4O2/c27-21(17-14-24-20(26-22(17)28)18-12-7-13-23-18)25-19(15-8-3-1-4-9-15)16-10-5-2-6-11-16/h1-11,13-14,18-19,23H,12H2,(H,25,27)(H,24,26,28). The van der Waals surface area contributed by atoms with Gasteiger partial charge in [-0.3, -0.25) is 9.59 Å². The van der Waals surface area contributed by atoms with Gasteiger partial charge in [0.25, 0.3) is 11.5 Å². The van der Waals surface area contributed by atoms with Crippen molar-refractivity contribution in [3.05, 3.63) is 112 Å². The average Bonchev–Trinajstić information content (AvgIpc) is 3.28. The number of benzene rings is 2. The molecule has 0 saturated carbocycles. The van der Waals surface area contributed by atoms with Gasteiger partial charge in [0.15, 0.2) is 0 Å². The van der Waals surface area contributed by atoms with Crippen LogP contribution in [0.2, 0.25) is 0 Å². The first-order chi connectivity index (χ1) is 13.7. The Kier molecular flexibility index (Phi) is 5.01. The third-order valence-electron chi connectivity index (χ3n) is 4.72. The van der Waals surface area contributed by atoms with Crippen molar-refractivity contribution < 1.29 is 4.79 Å². The molecule has 0 saturated heterocycles. The highest BCUT2D eigenvalue weighted by Gasteiger charge is 2.21. The predicted octanol–water partition coefficient (Wildman–Crippen LogP) is 2.84. The van der Waals surface area contributed by atoms with Crippen LogP contribution in [0, 0.1) is 0 Å². The lowest BCUT2D eigenvalue weighted by atomic mass is 9.98. The fourth-order valence-corrected chi connectivity index (χ4v) is 3.25. The number of aromatic nitrogens is 2. The van der Waals surface area contributed by atoms with Crippen molar-refractivity contribution in [2.75, 3.05) is 0 Å². The largest absolute Gasteiger partial charge is 0.381 e. The molecule has 1 aromatic heterocycles. The van der Waals surface area contributed by atoms with Gasteiger partial charge < -0.3 is 15.6 Å². The van der Waals surface area contributed by atoms with Crippen LogP contribution in [0.4, 0.5) is 0 Å². The monoisotopic (exact) mass is 372 g/mol. The van der Waals surface area contributed by atoms with Crippen molar-refractivity contribution in [3.63, 3.8) is 0 Å². The Balaban J connectivity index is 1.60. The van der Waals surface area contributed by atoms with E-state index in [-0.39, 0.29) is 17.6 Å². The van der Waals surface area contributed by atoms with Crippen molar-refractivity contribution in [2.45, 2.75) is 18.5 Å². The lowest BCUT2D eigenvalue weighted by molar-refractivity contribution is 0.0941. The zero-order chi connectivity index (χ0) is 19.3. The number of carbonyl (C=O) groups is 1. The highest BCUT2D eigenvalue weighted by molar-refractivity contribution is 5.94. The van der Waals surface area contributed by atoms with Crippen LogP contribution in [0.15, 0.2) is 83.9 Å². The molecule has 6 nitrogen and oxygen atoms in total. The SMILES string of the molecule is O=C(NC(c1ccccc1)c1ccccc1)c1cnc(C2CC=CN2)[nH]c1=O. The van der Waals surface area contributed by atoms with Crippen molar-refractivity contribution in [2.24, 2.45) is 0 Å². The number of rotatable bonds is 5. The van der Waals surface area contributed by atoms with E-state index in [4.69, 9.17) is 0 Å². The van der Waals surface area contributed by atoms with Crippen molar-refractivity contribution in [3.8, 4) is 0 Å². The summed E-state index contributed by atoms with van der Waals surface area (Å²) in [5, 5.41) is 6.08. The van der Waals surface area contributed by atoms with Crippen LogP contribution in [-0.2, 0) is 0 Å². The second kappa shape index (κ2) is 7.92. The Hall–Kier alpha value is -3.67. The minimum Gasteiger partial charge on any atom is -0.381 e. The van der Waals surface area contributed by atoms with Gasteiger partial charge in [0, 0.05) is 6.20 Å². The molecule has 3 N–H and O–H groups in total. The summed E-state index contributed by atoms with van der Waals surface area (Å²) in [4.78, 5) is 32.3. The average molecular weight is 372 g/mol. The Labute approximate surface area is 162 Å². The fourth-order valence-electron chi connectivity index (χ4n) is 3.25. The summed E-state index contributed by atoms with van der Waals surface area (Å²) in [6.07, 6.45) is 5.89. The van der Waals surface area contributed by atoms with E-state index >= 15 is 0 Å². The Morgan fingerprint density at radius 2 is 1.68 bits per heavy atom. The maximum Gasteiger partial charge on any atom is 0.263 e. The summed E-state index contributed by atoms with van der Waals surface area (Å²) in [5.41, 5.74) is 1.41. The first-order valence-electron chi connectivity index (χ1n) is 9.13. The molecule has 0 radical (unpaired) electrons. The zero-order valence-electron chi connectivity index (χ0n) is 15.1. The molecular weight excluding hydrogens is 352 g/mol. The molecule has 2 heterocycles. The van der Waals surface area contributed by atoms with Gasteiger partial charge in [-0.15, -0.1) is 0 Å². The molecular formula is C22H20N4O2. The summed E-state index contributed by atoms with van der Waals surface area (Å²) in [6.45, 7) is 0. The number of carbonyl (C=O) groups excluding carboxylic acids is 1. The first kappa shape index (κ1) is 17.7. The highest BCUT2D eigenvalue weighted by Crippen LogP contribution is 2.22. The van der Waals surface area contributed by atoms with E-state index in [9.17, 15) is 9.59 Å². The van der Waals surface area contributed by atoms with Gasteiger partial charge in [-0.25, -0.2) is 4.98 Å². The molecule has 1 amide bonds. The molecule has 4 rings (SSSR count). The lowest BCUT2D eigenvalue weighted by Crippen LogP contribution is -2.34. The zero-order valence-corrected chi connectivity index (χ0v) is 15.1. The predicted molar refractivity (Wildman–Crippen MR) is 107 cm³/mol. The van der Waals surface area contributed by atoms with E-state index in [2.05, 4.69) is 20.6 Å². The summed E-state index contributed by atoms with van der Waals surface area (Å²) in [5.74, 6) is 0.0599. The quantitative estimate of drug-likeness (QED) is 0.643. The fraction of sp³-hybridized carbons (Fsp3) is 0.136. The molecule has 2 aromatic carbocycles. The maximum absolute atomic E-state index is 12.9. The second-order valence-corrected chi connectivity index (χ2v) is 6.60. The molecule has 6 heteroatoms. The van der Waals surface area contributed by atoms with Crippen molar-refractivity contribution in [1.82, 2.24) is 20.6 Å². The maximum atomic E-state index is 12.9. The van der Waals surface area contributed by atoms with Crippen molar-refractivity contribution >= 4 is 5.91 Å². The number of H-pyrrole nitrogens is 1. The van der Waals surface area contributed by atoms with E-state index in [0.717, 1.165) is 17.5 Å². The van der Waals surface area contributed by atoms with Crippen LogP contribution in [0.25, 0.3) is 0 Å². The van der Waals surface area contributed by atoms with Gasteiger partial charge in [-0.05, 0) is 23.7 Å². The Morgan fingerprint density at radius 1 is 1.04 bits per heavy atom. The van der Waals surface area contributed by atoms with Crippen LogP contribution in [0.3, 0.4) is 0 Å².